The van der Waals surface area contributed by atoms with Crippen molar-refractivity contribution in [2.45, 2.75) is 19.8 Å². The van der Waals surface area contributed by atoms with Crippen molar-refractivity contribution < 1.29 is 0 Å². The molecular weight excluding hydrogens is 280 g/mol. The molecule has 23 heavy (non-hydrogen) atoms. The molecule has 0 saturated carbocycles. The maximum absolute atomic E-state index is 4.25. The molecule has 2 heteroatoms. The zero-order valence-electron chi connectivity index (χ0n) is 13.8. The molecule has 0 saturated heterocycles. The minimum atomic E-state index is 0.973. The number of fused-ring (bicyclic) bond motifs is 2. The van der Waals surface area contributed by atoms with E-state index >= 15 is 0 Å². The molecule has 2 aromatic carbocycles. The van der Waals surface area contributed by atoms with Gasteiger partial charge in [-0.3, -0.25) is 0 Å². The summed E-state index contributed by atoms with van der Waals surface area (Å²) in [6, 6.07) is 15.4. The molecule has 0 aliphatic carbocycles. The monoisotopic (exact) mass is 302 g/mol. The fourth-order valence-corrected chi connectivity index (χ4v) is 3.54. The quantitative estimate of drug-likeness (QED) is 0.657. The van der Waals surface area contributed by atoms with Crippen molar-refractivity contribution in [1.82, 2.24) is 4.57 Å². The second-order valence-electron chi connectivity index (χ2n) is 6.37. The number of likely N-dealkylation sites (N-methyl/N-ethyl adjacent to an activating group) is 1. The van der Waals surface area contributed by atoms with Gasteiger partial charge in [-0.25, -0.2) is 0 Å². The van der Waals surface area contributed by atoms with Crippen LogP contribution in [0.5, 0.6) is 0 Å². The first-order valence-corrected chi connectivity index (χ1v) is 8.31. The molecule has 2 heterocycles. The molecule has 1 aliphatic rings. The number of rotatable bonds is 3. The first kappa shape index (κ1) is 14.1. The van der Waals surface area contributed by atoms with E-state index in [4.69, 9.17) is 0 Å². The zero-order chi connectivity index (χ0) is 16.0. The average molecular weight is 302 g/mol. The molecule has 4 rings (SSSR count). The van der Waals surface area contributed by atoms with Gasteiger partial charge in [-0.05, 0) is 42.2 Å². The molecule has 0 N–H and O–H groups in total. The molecule has 0 radical (unpaired) electrons. The highest BCUT2D eigenvalue weighted by Crippen LogP contribution is 2.33. The summed E-state index contributed by atoms with van der Waals surface area (Å²) >= 11 is 0. The van der Waals surface area contributed by atoms with Crippen LogP contribution in [0.1, 0.15) is 24.5 Å². The summed E-state index contributed by atoms with van der Waals surface area (Å²) in [6.45, 7) is 7.53. The van der Waals surface area contributed by atoms with E-state index in [0.29, 0.717) is 0 Å². The van der Waals surface area contributed by atoms with Gasteiger partial charge in [0.1, 0.15) is 0 Å². The van der Waals surface area contributed by atoms with Gasteiger partial charge in [0, 0.05) is 42.1 Å². The van der Waals surface area contributed by atoms with Gasteiger partial charge in [0.25, 0.3) is 0 Å². The van der Waals surface area contributed by atoms with E-state index in [9.17, 15) is 0 Å². The molecule has 0 atom stereocenters. The standard InChI is InChI=1S/C21H22N2/c1-4-15(2)19-14-23(20-8-6-5-7-18(19)20)17-10-9-16-11-12-22(3)21(16)13-17/h5-10,13-14H,2,4,11-12H2,1,3H3. The van der Waals surface area contributed by atoms with Crippen molar-refractivity contribution in [3.05, 3.63) is 66.4 Å². The third-order valence-electron chi connectivity index (χ3n) is 4.99. The summed E-state index contributed by atoms with van der Waals surface area (Å²) in [5.74, 6) is 0. The molecule has 1 aliphatic heterocycles. The topological polar surface area (TPSA) is 8.17 Å². The Hall–Kier alpha value is -2.48. The van der Waals surface area contributed by atoms with Crippen LogP contribution in [0.15, 0.2) is 55.2 Å². The van der Waals surface area contributed by atoms with Crippen LogP contribution < -0.4 is 4.90 Å². The van der Waals surface area contributed by atoms with Crippen LogP contribution in [0.25, 0.3) is 22.2 Å². The molecular formula is C21H22N2. The number of hydrogen-bond donors (Lipinski definition) is 0. The first-order chi connectivity index (χ1) is 11.2. The van der Waals surface area contributed by atoms with Crippen molar-refractivity contribution >= 4 is 22.2 Å². The highest BCUT2D eigenvalue weighted by atomic mass is 15.1. The van der Waals surface area contributed by atoms with Gasteiger partial charge >= 0.3 is 0 Å². The van der Waals surface area contributed by atoms with Crippen LogP contribution in [0.2, 0.25) is 0 Å². The van der Waals surface area contributed by atoms with E-state index in [0.717, 1.165) is 19.4 Å². The largest absolute Gasteiger partial charge is 0.374 e. The minimum Gasteiger partial charge on any atom is -0.374 e. The molecule has 3 aromatic rings. The van der Waals surface area contributed by atoms with Crippen LogP contribution in [-0.4, -0.2) is 18.2 Å². The van der Waals surface area contributed by atoms with Crippen molar-refractivity contribution in [3.63, 3.8) is 0 Å². The Morgan fingerprint density at radius 2 is 2.00 bits per heavy atom. The Labute approximate surface area is 137 Å². The summed E-state index contributed by atoms with van der Waals surface area (Å²) in [7, 11) is 2.17. The SMILES string of the molecule is C=C(CC)c1cn(-c2ccc3c(c2)N(C)CC3)c2ccccc12. The van der Waals surface area contributed by atoms with Crippen LogP contribution in [-0.2, 0) is 6.42 Å². The van der Waals surface area contributed by atoms with Crippen molar-refractivity contribution in [2.75, 3.05) is 18.5 Å². The lowest BCUT2D eigenvalue weighted by atomic mass is 10.0. The van der Waals surface area contributed by atoms with Crippen molar-refractivity contribution in [3.8, 4) is 5.69 Å². The van der Waals surface area contributed by atoms with E-state index in [1.54, 1.807) is 0 Å². The molecule has 2 nitrogen and oxygen atoms in total. The lowest BCUT2D eigenvalue weighted by Crippen LogP contribution is -2.12. The van der Waals surface area contributed by atoms with Gasteiger partial charge in [-0.15, -0.1) is 0 Å². The summed E-state index contributed by atoms with van der Waals surface area (Å²) in [5, 5.41) is 1.29. The van der Waals surface area contributed by atoms with Gasteiger partial charge < -0.3 is 9.47 Å². The van der Waals surface area contributed by atoms with E-state index in [-0.39, 0.29) is 0 Å². The number of para-hydroxylation sites is 1. The highest BCUT2D eigenvalue weighted by molar-refractivity contribution is 5.94. The van der Waals surface area contributed by atoms with Crippen LogP contribution in [0.4, 0.5) is 5.69 Å². The number of hydrogen-bond acceptors (Lipinski definition) is 1. The lowest BCUT2D eigenvalue weighted by molar-refractivity contribution is 0.956. The van der Waals surface area contributed by atoms with Gasteiger partial charge in [-0.1, -0.05) is 37.8 Å². The third-order valence-corrected chi connectivity index (χ3v) is 4.99. The van der Waals surface area contributed by atoms with E-state index in [2.05, 4.69) is 78.7 Å². The summed E-state index contributed by atoms with van der Waals surface area (Å²) in [6.07, 6.45) is 4.37. The lowest BCUT2D eigenvalue weighted by Gasteiger charge is -2.14. The van der Waals surface area contributed by atoms with Gasteiger partial charge in [-0.2, -0.15) is 0 Å². The van der Waals surface area contributed by atoms with Crippen molar-refractivity contribution in [1.29, 1.82) is 0 Å². The Balaban J connectivity index is 1.93. The predicted molar refractivity (Wildman–Crippen MR) is 99.6 cm³/mol. The molecule has 0 unspecified atom stereocenters. The van der Waals surface area contributed by atoms with E-state index in [1.165, 1.54) is 39.0 Å². The van der Waals surface area contributed by atoms with Crippen LogP contribution in [0, 0.1) is 0 Å². The third kappa shape index (κ3) is 2.17. The second kappa shape index (κ2) is 5.31. The Bertz CT molecular complexity index is 901. The van der Waals surface area contributed by atoms with Crippen LogP contribution in [0.3, 0.4) is 0 Å². The van der Waals surface area contributed by atoms with Gasteiger partial charge in [0.15, 0.2) is 0 Å². The fraction of sp³-hybridized carbons (Fsp3) is 0.238. The predicted octanol–water partition coefficient (Wildman–Crippen LogP) is 5.05. The fourth-order valence-electron chi connectivity index (χ4n) is 3.54. The number of aromatic nitrogens is 1. The Morgan fingerprint density at radius 3 is 2.83 bits per heavy atom. The summed E-state index contributed by atoms with van der Waals surface area (Å²) in [5.41, 5.74) is 7.73. The number of benzene rings is 2. The molecule has 116 valence electrons. The average Bonchev–Trinajstić information content (AvgIpc) is 3.15. The maximum atomic E-state index is 4.25. The Morgan fingerprint density at radius 1 is 1.17 bits per heavy atom. The highest BCUT2D eigenvalue weighted by Gasteiger charge is 2.17. The number of allylic oxidation sites excluding steroid dienone is 1. The summed E-state index contributed by atoms with van der Waals surface area (Å²) in [4.78, 5) is 2.34. The first-order valence-electron chi connectivity index (χ1n) is 8.31. The van der Waals surface area contributed by atoms with Crippen LogP contribution >= 0.6 is 0 Å². The smallest absolute Gasteiger partial charge is 0.0534 e. The minimum absolute atomic E-state index is 0.973. The maximum Gasteiger partial charge on any atom is 0.0534 e. The van der Waals surface area contributed by atoms with Gasteiger partial charge in [0.05, 0.1) is 5.52 Å². The summed E-state index contributed by atoms with van der Waals surface area (Å²) < 4.78 is 2.30. The van der Waals surface area contributed by atoms with E-state index < -0.39 is 0 Å². The molecule has 0 spiro atoms. The van der Waals surface area contributed by atoms with E-state index in [1.807, 2.05) is 0 Å². The zero-order valence-corrected chi connectivity index (χ0v) is 13.8. The Kier molecular flexibility index (Phi) is 3.26. The van der Waals surface area contributed by atoms with Gasteiger partial charge in [0.2, 0.25) is 0 Å². The molecule has 1 aromatic heterocycles. The normalized spacial score (nSPS) is 13.6. The number of anilines is 1. The molecule has 0 fully saturated rings. The molecule has 0 bridgehead atoms. The molecule has 0 amide bonds. The number of nitrogens with zero attached hydrogens (tertiary/aromatic N) is 2. The second-order valence-corrected chi connectivity index (χ2v) is 6.37. The van der Waals surface area contributed by atoms with Crippen molar-refractivity contribution in [2.24, 2.45) is 0 Å².